The molecule has 2 aliphatic rings. The molecule has 0 saturated carbocycles. The Kier molecular flexibility index (Phi) is 5.11. The van der Waals surface area contributed by atoms with E-state index >= 15 is 0 Å². The van der Waals surface area contributed by atoms with Crippen molar-refractivity contribution >= 4 is 5.91 Å². The van der Waals surface area contributed by atoms with Crippen molar-refractivity contribution in [3.05, 3.63) is 46.6 Å². The van der Waals surface area contributed by atoms with Crippen molar-refractivity contribution in [3.8, 4) is 5.69 Å². The molecule has 0 spiro atoms. The van der Waals surface area contributed by atoms with E-state index in [0.717, 1.165) is 63.4 Å². The fraction of sp³-hybridized carbons (Fsp3) is 0.550. The number of aryl methyl sites for hydroxylation is 1. The van der Waals surface area contributed by atoms with E-state index in [2.05, 4.69) is 10.00 Å². The molecule has 3 heterocycles. The Labute approximate surface area is 159 Å². The van der Waals surface area contributed by atoms with Gasteiger partial charge in [0.15, 0.2) is 0 Å². The highest BCUT2D eigenvalue weighted by Gasteiger charge is 2.28. The predicted molar refractivity (Wildman–Crippen MR) is 103 cm³/mol. The summed E-state index contributed by atoms with van der Waals surface area (Å²) in [6.07, 6.45) is 4.09. The molecule has 7 nitrogen and oxygen atoms in total. The van der Waals surface area contributed by atoms with Crippen molar-refractivity contribution in [1.29, 1.82) is 0 Å². The number of carbonyl (C=O) groups is 1. The van der Waals surface area contributed by atoms with E-state index in [1.165, 1.54) is 4.68 Å². The second-order valence-corrected chi connectivity index (χ2v) is 7.57. The van der Waals surface area contributed by atoms with Crippen molar-refractivity contribution in [2.75, 3.05) is 32.7 Å². The largest absolute Gasteiger partial charge is 0.350 e. The van der Waals surface area contributed by atoms with Crippen LogP contribution in [0, 0.1) is 0 Å². The average Bonchev–Trinajstić information content (AvgIpc) is 3.32. The van der Waals surface area contributed by atoms with Crippen LogP contribution in [0.15, 0.2) is 35.1 Å². The SMILES string of the molecule is Cn1nc(C2CCN(CC(=O)N3CCCC3)CC2)n(-c2ccccc2)c1=O. The van der Waals surface area contributed by atoms with E-state index in [-0.39, 0.29) is 17.5 Å². The zero-order valence-electron chi connectivity index (χ0n) is 15.9. The molecule has 144 valence electrons. The fourth-order valence-electron chi connectivity index (χ4n) is 4.17. The van der Waals surface area contributed by atoms with Crippen LogP contribution in [0.4, 0.5) is 0 Å². The van der Waals surface area contributed by atoms with E-state index in [4.69, 9.17) is 0 Å². The standard InChI is InChI=1S/C20H27N5O2/c1-22-20(27)25(17-7-3-2-4-8-17)19(21-22)16-9-13-23(14-10-16)15-18(26)24-11-5-6-12-24/h2-4,7-8,16H,5-6,9-15H2,1H3. The lowest BCUT2D eigenvalue weighted by molar-refractivity contribution is -0.131. The third-order valence-electron chi connectivity index (χ3n) is 5.73. The molecule has 2 aliphatic heterocycles. The van der Waals surface area contributed by atoms with Crippen molar-refractivity contribution < 1.29 is 4.79 Å². The summed E-state index contributed by atoms with van der Waals surface area (Å²) in [6.45, 7) is 4.06. The van der Waals surface area contributed by atoms with Gasteiger partial charge >= 0.3 is 5.69 Å². The molecular formula is C20H27N5O2. The maximum absolute atomic E-state index is 12.6. The first-order chi connectivity index (χ1) is 13.1. The quantitative estimate of drug-likeness (QED) is 0.817. The van der Waals surface area contributed by atoms with Gasteiger partial charge in [0.25, 0.3) is 0 Å². The van der Waals surface area contributed by atoms with Gasteiger partial charge in [-0.3, -0.25) is 9.69 Å². The molecule has 0 N–H and O–H groups in total. The van der Waals surface area contributed by atoms with E-state index in [1.807, 2.05) is 35.2 Å². The van der Waals surface area contributed by atoms with Crippen LogP contribution in [0.3, 0.4) is 0 Å². The summed E-state index contributed by atoms with van der Waals surface area (Å²) in [7, 11) is 1.70. The van der Waals surface area contributed by atoms with E-state index < -0.39 is 0 Å². The van der Waals surface area contributed by atoms with E-state index in [9.17, 15) is 9.59 Å². The van der Waals surface area contributed by atoms with Crippen molar-refractivity contribution in [3.63, 3.8) is 0 Å². The fourth-order valence-corrected chi connectivity index (χ4v) is 4.17. The number of piperidine rings is 1. The lowest BCUT2D eigenvalue weighted by Crippen LogP contribution is -2.42. The molecule has 7 heteroatoms. The monoisotopic (exact) mass is 369 g/mol. The Balaban J connectivity index is 1.45. The number of benzene rings is 1. The zero-order valence-corrected chi connectivity index (χ0v) is 15.9. The van der Waals surface area contributed by atoms with Crippen LogP contribution in [-0.4, -0.2) is 62.8 Å². The Bertz CT molecular complexity index is 843. The maximum Gasteiger partial charge on any atom is 0.350 e. The smallest absolute Gasteiger partial charge is 0.342 e. The molecule has 2 saturated heterocycles. The highest BCUT2D eigenvalue weighted by molar-refractivity contribution is 5.78. The van der Waals surface area contributed by atoms with Crippen molar-refractivity contribution in [1.82, 2.24) is 24.1 Å². The summed E-state index contributed by atoms with van der Waals surface area (Å²) in [4.78, 5) is 29.2. The number of rotatable bonds is 4. The molecule has 0 bridgehead atoms. The Morgan fingerprint density at radius 2 is 1.74 bits per heavy atom. The molecule has 2 fully saturated rings. The molecule has 4 rings (SSSR count). The number of aromatic nitrogens is 3. The van der Waals surface area contributed by atoms with Crippen LogP contribution in [0.5, 0.6) is 0 Å². The topological polar surface area (TPSA) is 63.4 Å². The van der Waals surface area contributed by atoms with Crippen molar-refractivity contribution in [2.24, 2.45) is 7.05 Å². The Morgan fingerprint density at radius 1 is 1.07 bits per heavy atom. The molecule has 0 radical (unpaired) electrons. The van der Waals surface area contributed by atoms with Crippen LogP contribution in [-0.2, 0) is 11.8 Å². The Hall–Kier alpha value is -2.41. The molecule has 0 atom stereocenters. The van der Waals surface area contributed by atoms with Crippen LogP contribution in [0.2, 0.25) is 0 Å². The summed E-state index contributed by atoms with van der Waals surface area (Å²) in [6, 6.07) is 9.70. The second kappa shape index (κ2) is 7.68. The minimum atomic E-state index is -0.108. The van der Waals surface area contributed by atoms with Gasteiger partial charge in [0.2, 0.25) is 5.91 Å². The Morgan fingerprint density at radius 3 is 2.41 bits per heavy atom. The van der Waals surface area contributed by atoms with Crippen molar-refractivity contribution in [2.45, 2.75) is 31.6 Å². The number of amides is 1. The molecule has 1 amide bonds. The molecular weight excluding hydrogens is 342 g/mol. The molecule has 27 heavy (non-hydrogen) atoms. The highest BCUT2D eigenvalue weighted by atomic mass is 16.2. The van der Waals surface area contributed by atoms with E-state index in [0.29, 0.717) is 6.54 Å². The lowest BCUT2D eigenvalue weighted by atomic mass is 9.95. The van der Waals surface area contributed by atoms with Gasteiger partial charge in [0.1, 0.15) is 5.82 Å². The van der Waals surface area contributed by atoms with Crippen LogP contribution < -0.4 is 5.69 Å². The molecule has 1 aromatic carbocycles. The molecule has 0 aliphatic carbocycles. The number of hydrogen-bond donors (Lipinski definition) is 0. The summed E-state index contributed by atoms with van der Waals surface area (Å²) >= 11 is 0. The number of likely N-dealkylation sites (tertiary alicyclic amines) is 2. The van der Waals surface area contributed by atoms with Gasteiger partial charge in [0.05, 0.1) is 12.2 Å². The first kappa shape index (κ1) is 18.0. The lowest BCUT2D eigenvalue weighted by Gasteiger charge is -2.32. The molecule has 2 aromatic rings. The van der Waals surface area contributed by atoms with Gasteiger partial charge in [-0.25, -0.2) is 14.0 Å². The van der Waals surface area contributed by atoms with Gasteiger partial charge in [-0.1, -0.05) is 18.2 Å². The van der Waals surface area contributed by atoms with Crippen LogP contribution in [0.1, 0.15) is 37.4 Å². The zero-order chi connectivity index (χ0) is 18.8. The first-order valence-corrected chi connectivity index (χ1v) is 9.85. The average molecular weight is 369 g/mol. The summed E-state index contributed by atoms with van der Waals surface area (Å²) in [5, 5.41) is 4.53. The van der Waals surface area contributed by atoms with Gasteiger partial charge in [-0.15, -0.1) is 0 Å². The summed E-state index contributed by atoms with van der Waals surface area (Å²) in [5.41, 5.74) is 0.750. The third kappa shape index (κ3) is 3.69. The van der Waals surface area contributed by atoms with Crippen LogP contribution in [0.25, 0.3) is 5.69 Å². The number of nitrogens with zero attached hydrogens (tertiary/aromatic N) is 5. The minimum absolute atomic E-state index is 0.108. The molecule has 0 unspecified atom stereocenters. The first-order valence-electron chi connectivity index (χ1n) is 9.85. The van der Waals surface area contributed by atoms with Crippen LogP contribution >= 0.6 is 0 Å². The maximum atomic E-state index is 12.6. The normalized spacial score (nSPS) is 18.9. The second-order valence-electron chi connectivity index (χ2n) is 7.57. The third-order valence-corrected chi connectivity index (χ3v) is 5.73. The van der Waals surface area contributed by atoms with Gasteiger partial charge in [-0.2, -0.15) is 5.10 Å². The summed E-state index contributed by atoms with van der Waals surface area (Å²) < 4.78 is 3.15. The highest BCUT2D eigenvalue weighted by Crippen LogP contribution is 2.27. The number of carbonyl (C=O) groups excluding carboxylic acids is 1. The summed E-state index contributed by atoms with van der Waals surface area (Å²) in [5.74, 6) is 1.32. The van der Waals surface area contributed by atoms with E-state index in [1.54, 1.807) is 11.6 Å². The molecule has 1 aromatic heterocycles. The minimum Gasteiger partial charge on any atom is -0.342 e. The number of hydrogen-bond acceptors (Lipinski definition) is 4. The predicted octanol–water partition coefficient (Wildman–Crippen LogP) is 1.37. The van der Waals surface area contributed by atoms with Gasteiger partial charge in [-0.05, 0) is 50.9 Å². The van der Waals surface area contributed by atoms with Gasteiger partial charge in [0, 0.05) is 26.1 Å². The van der Waals surface area contributed by atoms with Gasteiger partial charge < -0.3 is 4.90 Å². The number of para-hydroxylation sites is 1.